The molecule has 1 unspecified atom stereocenters. The number of pyridine rings is 1. The number of nitrogens with zero attached hydrogens (tertiary/aromatic N) is 3. The molecular formula is C30H32N4O5S. The fourth-order valence-electron chi connectivity index (χ4n) is 5.36. The Morgan fingerprint density at radius 2 is 1.90 bits per heavy atom. The average molecular weight is 561 g/mol. The van der Waals surface area contributed by atoms with Gasteiger partial charge in [0.25, 0.3) is 11.8 Å². The molecule has 9 nitrogen and oxygen atoms in total. The first-order valence-corrected chi connectivity index (χ1v) is 14.1. The number of phenolic OH excluding ortho intramolecular Hbond substituents is 1. The van der Waals surface area contributed by atoms with E-state index in [2.05, 4.69) is 10.3 Å². The summed E-state index contributed by atoms with van der Waals surface area (Å²) in [6.45, 7) is 5.91. The molecule has 2 aromatic carbocycles. The average Bonchev–Trinajstić information content (AvgIpc) is 3.26. The second-order valence-corrected chi connectivity index (χ2v) is 11.8. The number of carbonyl (C=O) groups is 3. The standard InChI is InChI=1S/C30H32N4O5S/c1-18-12-13-31-15-21(18)16-34-29(39)26-30(34,3)40-17-33(26)28(38)25(36)23(14-20-8-5-4-6-9-20)32-27(37)22-10-7-11-24(35)19(22)2/h4-13,15,23,25-26,35-36H,14,16-17H2,1-3H3,(H,32,37)/t23-,25-,26+,30?/m0/s1. The lowest BCUT2D eigenvalue weighted by Crippen LogP contribution is -2.73. The number of hydrogen-bond acceptors (Lipinski definition) is 7. The molecule has 0 radical (unpaired) electrons. The van der Waals surface area contributed by atoms with Crippen molar-refractivity contribution >= 4 is 29.5 Å². The molecule has 40 heavy (non-hydrogen) atoms. The molecule has 0 spiro atoms. The van der Waals surface area contributed by atoms with Gasteiger partial charge in [-0.2, -0.15) is 0 Å². The third-order valence-corrected chi connectivity index (χ3v) is 9.34. The summed E-state index contributed by atoms with van der Waals surface area (Å²) in [5, 5.41) is 24.2. The van der Waals surface area contributed by atoms with Gasteiger partial charge in [0.1, 0.15) is 16.7 Å². The molecule has 3 aromatic rings. The van der Waals surface area contributed by atoms with Crippen LogP contribution in [0, 0.1) is 13.8 Å². The first kappa shape index (κ1) is 27.7. The zero-order valence-corrected chi connectivity index (χ0v) is 23.4. The number of β-lactam (4-membered cyclic amide) rings is 1. The Kier molecular flexibility index (Phi) is 7.57. The Labute approximate surface area is 237 Å². The van der Waals surface area contributed by atoms with E-state index in [1.54, 1.807) is 36.4 Å². The highest BCUT2D eigenvalue weighted by Crippen LogP contribution is 2.51. The van der Waals surface area contributed by atoms with Crippen LogP contribution in [0.1, 0.15) is 39.5 Å². The van der Waals surface area contributed by atoms with Crippen LogP contribution < -0.4 is 5.32 Å². The predicted octanol–water partition coefficient (Wildman–Crippen LogP) is 2.77. The largest absolute Gasteiger partial charge is 0.508 e. The van der Waals surface area contributed by atoms with Crippen molar-refractivity contribution in [1.82, 2.24) is 20.1 Å². The van der Waals surface area contributed by atoms with Gasteiger partial charge < -0.3 is 25.3 Å². The van der Waals surface area contributed by atoms with E-state index in [0.29, 0.717) is 12.1 Å². The molecule has 2 aliphatic rings. The summed E-state index contributed by atoms with van der Waals surface area (Å²) in [7, 11) is 0. The molecule has 2 fully saturated rings. The first-order valence-electron chi connectivity index (χ1n) is 13.1. The summed E-state index contributed by atoms with van der Waals surface area (Å²) in [6, 6.07) is 14.1. The lowest BCUT2D eigenvalue weighted by atomic mass is 9.92. The van der Waals surface area contributed by atoms with Crippen LogP contribution in [0.3, 0.4) is 0 Å². The Hall–Kier alpha value is -3.89. The topological polar surface area (TPSA) is 123 Å². The summed E-state index contributed by atoms with van der Waals surface area (Å²) >= 11 is 1.48. The summed E-state index contributed by atoms with van der Waals surface area (Å²) in [5.74, 6) is -1.09. The van der Waals surface area contributed by atoms with E-state index in [1.165, 1.54) is 22.7 Å². The number of aromatic hydroxyl groups is 1. The number of nitrogens with one attached hydrogen (secondary N) is 1. The van der Waals surface area contributed by atoms with Crippen LogP contribution in [-0.4, -0.2) is 71.7 Å². The second kappa shape index (κ2) is 10.9. The number of aromatic nitrogens is 1. The van der Waals surface area contributed by atoms with Gasteiger partial charge >= 0.3 is 0 Å². The van der Waals surface area contributed by atoms with E-state index in [1.807, 2.05) is 50.2 Å². The van der Waals surface area contributed by atoms with Crippen LogP contribution in [0.4, 0.5) is 0 Å². The second-order valence-electron chi connectivity index (χ2n) is 10.4. The van der Waals surface area contributed by atoms with Crippen LogP contribution in [-0.2, 0) is 22.6 Å². The maximum absolute atomic E-state index is 13.7. The third kappa shape index (κ3) is 4.93. The monoisotopic (exact) mass is 560 g/mol. The molecule has 5 rings (SSSR count). The minimum atomic E-state index is -1.59. The maximum Gasteiger partial charge on any atom is 0.255 e. The quantitative estimate of drug-likeness (QED) is 0.362. The zero-order chi connectivity index (χ0) is 28.6. The molecule has 1 aromatic heterocycles. The van der Waals surface area contributed by atoms with Crippen LogP contribution in [0.15, 0.2) is 67.0 Å². The molecule has 10 heteroatoms. The highest BCUT2D eigenvalue weighted by atomic mass is 32.2. The van der Waals surface area contributed by atoms with E-state index in [-0.39, 0.29) is 29.5 Å². The van der Waals surface area contributed by atoms with Crippen molar-refractivity contribution in [3.8, 4) is 5.75 Å². The Balaban J connectivity index is 1.35. The lowest BCUT2D eigenvalue weighted by molar-refractivity contribution is -0.168. The summed E-state index contributed by atoms with van der Waals surface area (Å²) in [4.78, 5) is 47.0. The number of carbonyl (C=O) groups excluding carboxylic acids is 3. The molecule has 208 valence electrons. The Morgan fingerprint density at radius 1 is 1.15 bits per heavy atom. The molecule has 3 N–H and O–H groups in total. The Bertz CT molecular complexity index is 1450. The molecule has 2 aliphatic heterocycles. The maximum atomic E-state index is 13.7. The van der Waals surface area contributed by atoms with Crippen molar-refractivity contribution in [3.05, 3.63) is 94.8 Å². The van der Waals surface area contributed by atoms with Gasteiger partial charge in [-0.05, 0) is 62.1 Å². The minimum Gasteiger partial charge on any atom is -0.508 e. The molecule has 0 aliphatic carbocycles. The number of rotatable bonds is 8. The van der Waals surface area contributed by atoms with Gasteiger partial charge in [0.2, 0.25) is 5.91 Å². The fourth-order valence-corrected chi connectivity index (χ4v) is 6.73. The number of amides is 3. The van der Waals surface area contributed by atoms with Gasteiger partial charge in [0.15, 0.2) is 6.10 Å². The van der Waals surface area contributed by atoms with Crippen molar-refractivity contribution in [2.75, 3.05) is 5.88 Å². The minimum absolute atomic E-state index is 0.0215. The molecule has 2 saturated heterocycles. The van der Waals surface area contributed by atoms with Gasteiger partial charge in [-0.1, -0.05) is 36.4 Å². The van der Waals surface area contributed by atoms with Crippen molar-refractivity contribution < 1.29 is 24.6 Å². The van der Waals surface area contributed by atoms with Gasteiger partial charge in [-0.3, -0.25) is 19.4 Å². The van der Waals surface area contributed by atoms with E-state index in [4.69, 9.17) is 0 Å². The molecule has 3 amide bonds. The van der Waals surface area contributed by atoms with Crippen molar-refractivity contribution in [2.45, 2.75) is 56.8 Å². The normalized spacial score (nSPS) is 21.4. The van der Waals surface area contributed by atoms with E-state index in [0.717, 1.165) is 16.7 Å². The van der Waals surface area contributed by atoms with Gasteiger partial charge in [-0.25, -0.2) is 0 Å². The predicted molar refractivity (Wildman–Crippen MR) is 151 cm³/mol. The molecular weight excluding hydrogens is 528 g/mol. The summed E-state index contributed by atoms with van der Waals surface area (Å²) < 4.78 is 0. The molecule has 0 bridgehead atoms. The van der Waals surface area contributed by atoms with Gasteiger partial charge in [-0.15, -0.1) is 11.8 Å². The lowest BCUT2D eigenvalue weighted by Gasteiger charge is -2.52. The van der Waals surface area contributed by atoms with E-state index in [9.17, 15) is 24.6 Å². The number of aryl methyl sites for hydroxylation is 1. The van der Waals surface area contributed by atoms with Crippen molar-refractivity contribution in [1.29, 1.82) is 0 Å². The number of fused-ring (bicyclic) bond motifs is 1. The molecule has 3 heterocycles. The number of likely N-dealkylation sites (tertiary alicyclic amines) is 1. The van der Waals surface area contributed by atoms with Crippen LogP contribution in [0.5, 0.6) is 5.75 Å². The van der Waals surface area contributed by atoms with E-state index >= 15 is 0 Å². The SMILES string of the molecule is Cc1ccncc1CN1C(=O)[C@H]2N(C(=O)[C@@H](O)[C@H](Cc3ccccc3)NC(=O)c3cccc(O)c3C)CSC21C. The Morgan fingerprint density at radius 3 is 2.62 bits per heavy atom. The van der Waals surface area contributed by atoms with Gasteiger partial charge in [0, 0.05) is 30.1 Å². The molecule has 0 saturated carbocycles. The van der Waals surface area contributed by atoms with Crippen LogP contribution in [0.2, 0.25) is 0 Å². The number of aliphatic hydroxyl groups excluding tert-OH is 1. The molecule has 4 atom stereocenters. The number of phenols is 1. The smallest absolute Gasteiger partial charge is 0.255 e. The van der Waals surface area contributed by atoms with Gasteiger partial charge in [0.05, 0.1) is 11.9 Å². The first-order chi connectivity index (χ1) is 19.1. The number of aliphatic hydroxyl groups is 1. The fraction of sp³-hybridized carbons (Fsp3) is 0.333. The van der Waals surface area contributed by atoms with Crippen LogP contribution in [0.25, 0.3) is 0 Å². The number of thioether (sulfide) groups is 1. The highest BCUT2D eigenvalue weighted by molar-refractivity contribution is 8.01. The third-order valence-electron chi connectivity index (χ3n) is 7.91. The summed E-state index contributed by atoms with van der Waals surface area (Å²) in [6.07, 6.45) is 2.06. The summed E-state index contributed by atoms with van der Waals surface area (Å²) in [5.41, 5.74) is 3.44. The van der Waals surface area contributed by atoms with Crippen molar-refractivity contribution in [3.63, 3.8) is 0 Å². The number of benzene rings is 2. The zero-order valence-electron chi connectivity index (χ0n) is 22.6. The number of hydrogen-bond donors (Lipinski definition) is 3. The highest BCUT2D eigenvalue weighted by Gasteiger charge is 2.65. The van der Waals surface area contributed by atoms with Crippen molar-refractivity contribution in [2.24, 2.45) is 0 Å². The van der Waals surface area contributed by atoms with E-state index < -0.39 is 34.9 Å². The van der Waals surface area contributed by atoms with Crippen LogP contribution >= 0.6 is 11.8 Å².